The van der Waals surface area contributed by atoms with E-state index in [2.05, 4.69) is 113 Å². The summed E-state index contributed by atoms with van der Waals surface area (Å²) in [6, 6.07) is 32.0. The van der Waals surface area contributed by atoms with Crippen LogP contribution in [0.3, 0.4) is 0 Å². The summed E-state index contributed by atoms with van der Waals surface area (Å²) in [5.41, 5.74) is 11.3. The maximum absolute atomic E-state index is 2.38. The van der Waals surface area contributed by atoms with Gasteiger partial charge in [-0.1, -0.05) is 113 Å². The molecular formula is C32H26. The lowest BCUT2D eigenvalue weighted by molar-refractivity contribution is 0.643. The van der Waals surface area contributed by atoms with Gasteiger partial charge in [0.15, 0.2) is 0 Å². The summed E-state index contributed by atoms with van der Waals surface area (Å²) in [5.74, 6) is 0. The van der Waals surface area contributed by atoms with Crippen molar-refractivity contribution in [2.24, 2.45) is 0 Å². The Kier molecular flexibility index (Phi) is 3.24. The highest BCUT2D eigenvalue weighted by atomic mass is 14.4. The second-order valence-corrected chi connectivity index (χ2v) is 10.5. The quantitative estimate of drug-likeness (QED) is 0.224. The van der Waals surface area contributed by atoms with Crippen LogP contribution in [0, 0.1) is 0 Å². The number of benzene rings is 5. The van der Waals surface area contributed by atoms with Gasteiger partial charge in [0.2, 0.25) is 0 Å². The Morgan fingerprint density at radius 1 is 0.406 bits per heavy atom. The first-order valence-corrected chi connectivity index (χ1v) is 11.6. The van der Waals surface area contributed by atoms with E-state index in [1.165, 1.54) is 66.1 Å². The highest BCUT2D eigenvalue weighted by molar-refractivity contribution is 6.25. The molecule has 2 aliphatic carbocycles. The molecule has 0 unspecified atom stereocenters. The minimum atomic E-state index is -0.0332. The third kappa shape index (κ3) is 1.95. The van der Waals surface area contributed by atoms with Crippen molar-refractivity contribution in [3.8, 4) is 22.3 Å². The molecule has 154 valence electrons. The van der Waals surface area contributed by atoms with Gasteiger partial charge < -0.3 is 0 Å². The third-order valence-electron chi connectivity index (χ3n) is 8.25. The molecule has 32 heavy (non-hydrogen) atoms. The van der Waals surface area contributed by atoms with E-state index in [1.807, 2.05) is 0 Å². The van der Waals surface area contributed by atoms with Crippen molar-refractivity contribution in [1.29, 1.82) is 0 Å². The Morgan fingerprint density at radius 2 is 0.781 bits per heavy atom. The summed E-state index contributed by atoms with van der Waals surface area (Å²) in [6.07, 6.45) is 0. The van der Waals surface area contributed by atoms with Gasteiger partial charge in [0.05, 0.1) is 0 Å². The van der Waals surface area contributed by atoms with E-state index in [1.54, 1.807) is 0 Å². The second kappa shape index (κ2) is 5.70. The Morgan fingerprint density at radius 3 is 1.22 bits per heavy atom. The van der Waals surface area contributed by atoms with Crippen LogP contribution in [0.15, 0.2) is 84.9 Å². The zero-order valence-electron chi connectivity index (χ0n) is 19.1. The Bertz CT molecular complexity index is 1490. The molecule has 5 aromatic rings. The summed E-state index contributed by atoms with van der Waals surface area (Å²) < 4.78 is 0. The molecule has 0 atom stereocenters. The van der Waals surface area contributed by atoms with Crippen molar-refractivity contribution in [3.05, 3.63) is 107 Å². The fourth-order valence-electron chi connectivity index (χ4n) is 6.71. The summed E-state index contributed by atoms with van der Waals surface area (Å²) >= 11 is 0. The van der Waals surface area contributed by atoms with Gasteiger partial charge in [-0.25, -0.2) is 0 Å². The maximum Gasteiger partial charge on any atom is 0.0159 e. The average molecular weight is 411 g/mol. The molecule has 7 rings (SSSR count). The maximum atomic E-state index is 2.38. The molecular weight excluding hydrogens is 384 g/mol. The van der Waals surface area contributed by atoms with E-state index >= 15 is 0 Å². The van der Waals surface area contributed by atoms with Crippen molar-refractivity contribution >= 4 is 21.5 Å². The van der Waals surface area contributed by atoms with Gasteiger partial charge in [-0.3, -0.25) is 0 Å². The molecule has 0 aliphatic heterocycles. The van der Waals surface area contributed by atoms with Gasteiger partial charge in [0.25, 0.3) is 0 Å². The molecule has 5 aromatic carbocycles. The molecule has 0 bridgehead atoms. The van der Waals surface area contributed by atoms with Gasteiger partial charge in [-0.05, 0) is 66.1 Å². The summed E-state index contributed by atoms with van der Waals surface area (Å²) in [5, 5.41) is 5.65. The largest absolute Gasteiger partial charge is 0.0619 e. The Hall–Kier alpha value is -3.38. The highest BCUT2D eigenvalue weighted by Crippen LogP contribution is 2.57. The van der Waals surface area contributed by atoms with Crippen LogP contribution in [0.5, 0.6) is 0 Å². The SMILES string of the molecule is CC1(C)c2ccccc2-c2c3cccc4c3c(c3cccc1c23)-c1ccccc1C4(C)C. The first kappa shape index (κ1) is 18.2. The van der Waals surface area contributed by atoms with Crippen molar-refractivity contribution in [3.63, 3.8) is 0 Å². The number of rotatable bonds is 0. The van der Waals surface area contributed by atoms with Crippen molar-refractivity contribution in [1.82, 2.24) is 0 Å². The molecule has 0 amide bonds. The van der Waals surface area contributed by atoms with E-state index in [4.69, 9.17) is 0 Å². The van der Waals surface area contributed by atoms with E-state index in [0.29, 0.717) is 0 Å². The molecule has 0 N–H and O–H groups in total. The van der Waals surface area contributed by atoms with E-state index in [-0.39, 0.29) is 10.8 Å². The molecule has 0 aromatic heterocycles. The summed E-state index contributed by atoms with van der Waals surface area (Å²) in [6.45, 7) is 9.53. The van der Waals surface area contributed by atoms with Gasteiger partial charge >= 0.3 is 0 Å². The van der Waals surface area contributed by atoms with Crippen LogP contribution in [0.4, 0.5) is 0 Å². The molecule has 0 heteroatoms. The normalized spacial score (nSPS) is 16.6. The predicted molar refractivity (Wildman–Crippen MR) is 137 cm³/mol. The number of hydrogen-bond donors (Lipinski definition) is 0. The average Bonchev–Trinajstić information content (AvgIpc) is 2.80. The Labute approximate surface area is 189 Å². The fraction of sp³-hybridized carbons (Fsp3) is 0.188. The van der Waals surface area contributed by atoms with Crippen LogP contribution in [-0.4, -0.2) is 0 Å². The summed E-state index contributed by atoms with van der Waals surface area (Å²) in [4.78, 5) is 0. The summed E-state index contributed by atoms with van der Waals surface area (Å²) in [7, 11) is 0. The molecule has 0 fully saturated rings. The monoisotopic (exact) mass is 410 g/mol. The van der Waals surface area contributed by atoms with Gasteiger partial charge in [-0.15, -0.1) is 0 Å². The molecule has 0 nitrogen and oxygen atoms in total. The van der Waals surface area contributed by atoms with Crippen LogP contribution in [-0.2, 0) is 10.8 Å². The van der Waals surface area contributed by atoms with Gasteiger partial charge in [-0.2, -0.15) is 0 Å². The predicted octanol–water partition coefficient (Wildman–Crippen LogP) is 8.61. The van der Waals surface area contributed by atoms with Crippen LogP contribution in [0.1, 0.15) is 49.9 Å². The first-order chi connectivity index (χ1) is 15.4. The standard InChI is InChI=1S/C32H26/c1-31(2)23-15-7-5-11-19(23)27-22-14-10-18-26-30(22)28(21-13-9-17-25(31)29(21)27)20-12-6-8-16-24(20)32(26,3)4/h5-18H,1-4H3. The lowest BCUT2D eigenvalue weighted by Gasteiger charge is -2.39. The molecule has 0 spiro atoms. The molecule has 0 saturated heterocycles. The number of hydrogen-bond acceptors (Lipinski definition) is 0. The minimum absolute atomic E-state index is 0.0332. The zero-order valence-corrected chi connectivity index (χ0v) is 19.1. The topological polar surface area (TPSA) is 0 Å². The van der Waals surface area contributed by atoms with E-state index in [0.717, 1.165) is 0 Å². The highest BCUT2D eigenvalue weighted by Gasteiger charge is 2.39. The Balaban J connectivity index is 1.84. The first-order valence-electron chi connectivity index (χ1n) is 11.6. The van der Waals surface area contributed by atoms with Gasteiger partial charge in [0, 0.05) is 10.8 Å². The lowest BCUT2D eigenvalue weighted by atomic mass is 9.63. The fourth-order valence-corrected chi connectivity index (χ4v) is 6.71. The van der Waals surface area contributed by atoms with Gasteiger partial charge in [0.1, 0.15) is 0 Å². The smallest absolute Gasteiger partial charge is 0.0159 e. The van der Waals surface area contributed by atoms with Crippen molar-refractivity contribution < 1.29 is 0 Å². The molecule has 0 radical (unpaired) electrons. The van der Waals surface area contributed by atoms with Crippen LogP contribution >= 0.6 is 0 Å². The molecule has 0 heterocycles. The van der Waals surface area contributed by atoms with E-state index < -0.39 is 0 Å². The number of fused-ring (bicyclic) bond motifs is 6. The lowest BCUT2D eigenvalue weighted by Crippen LogP contribution is -2.26. The molecule has 0 saturated carbocycles. The zero-order chi connectivity index (χ0) is 21.8. The van der Waals surface area contributed by atoms with Crippen LogP contribution < -0.4 is 0 Å². The molecule has 2 aliphatic rings. The van der Waals surface area contributed by atoms with Crippen molar-refractivity contribution in [2.45, 2.75) is 38.5 Å². The van der Waals surface area contributed by atoms with E-state index in [9.17, 15) is 0 Å². The van der Waals surface area contributed by atoms with Crippen LogP contribution in [0.2, 0.25) is 0 Å². The van der Waals surface area contributed by atoms with Crippen LogP contribution in [0.25, 0.3) is 43.8 Å². The third-order valence-corrected chi connectivity index (χ3v) is 8.25. The minimum Gasteiger partial charge on any atom is -0.0619 e. The second-order valence-electron chi connectivity index (χ2n) is 10.5. The van der Waals surface area contributed by atoms with Crippen molar-refractivity contribution in [2.75, 3.05) is 0 Å².